The summed E-state index contributed by atoms with van der Waals surface area (Å²) >= 11 is 6.02. The third-order valence-electron chi connectivity index (χ3n) is 4.18. The fraction of sp³-hybridized carbons (Fsp3) is 0.500. The maximum absolute atomic E-state index is 12.2. The summed E-state index contributed by atoms with van der Waals surface area (Å²) in [4.78, 5) is 18.8. The molecule has 2 heterocycles. The lowest BCUT2D eigenvalue weighted by molar-refractivity contribution is -0.130. The highest BCUT2D eigenvalue weighted by Crippen LogP contribution is 2.22. The predicted molar refractivity (Wildman–Crippen MR) is 84.5 cm³/mol. The van der Waals surface area contributed by atoms with Crippen molar-refractivity contribution in [1.82, 2.24) is 14.5 Å². The lowest BCUT2D eigenvalue weighted by atomic mass is 10.2. The smallest absolute Gasteiger partial charge is 0.224 e. The number of carbonyl (C=O) groups is 1. The van der Waals surface area contributed by atoms with Crippen molar-refractivity contribution in [3.05, 3.63) is 29.6 Å². The number of hydrogen-bond acceptors (Lipinski definition) is 2. The number of imidazole rings is 1. The number of rotatable bonds is 4. The van der Waals surface area contributed by atoms with Crippen molar-refractivity contribution >= 4 is 28.5 Å². The molecule has 5 heteroatoms. The zero-order valence-electron chi connectivity index (χ0n) is 12.3. The number of para-hydroxylation sites is 1. The Morgan fingerprint density at radius 1 is 1.33 bits per heavy atom. The molecule has 0 unspecified atom stereocenters. The number of likely N-dealkylation sites (tertiary alicyclic amines) is 1. The number of halogens is 1. The maximum atomic E-state index is 12.2. The highest BCUT2D eigenvalue weighted by molar-refractivity contribution is 6.16. The summed E-state index contributed by atoms with van der Waals surface area (Å²) in [5.41, 5.74) is 3.23. The van der Waals surface area contributed by atoms with Crippen LogP contribution in [0.25, 0.3) is 11.0 Å². The van der Waals surface area contributed by atoms with Crippen molar-refractivity contribution < 1.29 is 4.79 Å². The zero-order chi connectivity index (χ0) is 14.8. The van der Waals surface area contributed by atoms with E-state index in [1.807, 2.05) is 17.0 Å². The van der Waals surface area contributed by atoms with Crippen molar-refractivity contribution in [3.8, 4) is 0 Å². The fourth-order valence-electron chi connectivity index (χ4n) is 3.09. The quantitative estimate of drug-likeness (QED) is 0.814. The van der Waals surface area contributed by atoms with Crippen molar-refractivity contribution in [2.24, 2.45) is 0 Å². The molecular weight excluding hydrogens is 286 g/mol. The maximum Gasteiger partial charge on any atom is 0.224 e. The van der Waals surface area contributed by atoms with Crippen LogP contribution in [0, 0.1) is 6.92 Å². The van der Waals surface area contributed by atoms with Gasteiger partial charge in [-0.3, -0.25) is 4.79 Å². The van der Waals surface area contributed by atoms with E-state index in [0.717, 1.165) is 42.8 Å². The Morgan fingerprint density at radius 3 is 2.81 bits per heavy atom. The van der Waals surface area contributed by atoms with E-state index in [1.165, 1.54) is 5.56 Å². The highest BCUT2D eigenvalue weighted by Gasteiger charge is 2.19. The van der Waals surface area contributed by atoms with E-state index in [1.54, 1.807) is 0 Å². The van der Waals surface area contributed by atoms with E-state index < -0.39 is 0 Å². The van der Waals surface area contributed by atoms with Crippen LogP contribution in [0.15, 0.2) is 18.2 Å². The Bertz CT molecular complexity index is 659. The van der Waals surface area contributed by atoms with Crippen LogP contribution in [0.1, 0.15) is 30.7 Å². The number of alkyl halides is 1. The van der Waals surface area contributed by atoms with Crippen LogP contribution in [-0.2, 0) is 17.2 Å². The molecule has 3 rings (SSSR count). The molecule has 0 bridgehead atoms. The average Bonchev–Trinajstić information content (AvgIpc) is 3.12. The number of aryl methyl sites for hydroxylation is 2. The number of aromatic nitrogens is 2. The van der Waals surface area contributed by atoms with Gasteiger partial charge in [0.15, 0.2) is 0 Å². The first kappa shape index (κ1) is 14.4. The molecule has 1 fully saturated rings. The van der Waals surface area contributed by atoms with Crippen LogP contribution >= 0.6 is 11.6 Å². The summed E-state index contributed by atoms with van der Waals surface area (Å²) in [5, 5.41) is 0. The van der Waals surface area contributed by atoms with E-state index in [2.05, 4.69) is 22.5 Å². The first-order valence-electron chi connectivity index (χ1n) is 7.49. The number of benzene rings is 1. The van der Waals surface area contributed by atoms with Gasteiger partial charge in [0, 0.05) is 26.1 Å². The largest absolute Gasteiger partial charge is 0.343 e. The number of amides is 1. The SMILES string of the molecule is Cc1cccc2nc(CCl)n(CCC(=O)N3CCCC3)c12. The first-order chi connectivity index (χ1) is 10.2. The van der Waals surface area contributed by atoms with Gasteiger partial charge in [-0.2, -0.15) is 0 Å². The van der Waals surface area contributed by atoms with E-state index in [-0.39, 0.29) is 5.91 Å². The monoisotopic (exact) mass is 305 g/mol. The molecule has 0 spiro atoms. The van der Waals surface area contributed by atoms with Gasteiger partial charge in [0.25, 0.3) is 0 Å². The minimum absolute atomic E-state index is 0.239. The van der Waals surface area contributed by atoms with Crippen LogP contribution in [0.3, 0.4) is 0 Å². The number of hydrogen-bond donors (Lipinski definition) is 0. The molecule has 4 nitrogen and oxygen atoms in total. The van der Waals surface area contributed by atoms with Crippen LogP contribution in [-0.4, -0.2) is 33.4 Å². The minimum atomic E-state index is 0.239. The van der Waals surface area contributed by atoms with E-state index in [9.17, 15) is 4.79 Å². The molecule has 112 valence electrons. The summed E-state index contributed by atoms with van der Waals surface area (Å²) in [5.74, 6) is 1.45. The van der Waals surface area contributed by atoms with E-state index in [0.29, 0.717) is 18.8 Å². The van der Waals surface area contributed by atoms with E-state index in [4.69, 9.17) is 11.6 Å². The van der Waals surface area contributed by atoms with Crippen molar-refractivity contribution in [3.63, 3.8) is 0 Å². The van der Waals surface area contributed by atoms with Crippen LogP contribution in [0.4, 0.5) is 0 Å². The molecule has 0 aliphatic carbocycles. The highest BCUT2D eigenvalue weighted by atomic mass is 35.5. The Kier molecular flexibility index (Phi) is 4.15. The van der Waals surface area contributed by atoms with Gasteiger partial charge in [-0.15, -0.1) is 11.6 Å². The molecule has 1 aliphatic heterocycles. The molecular formula is C16H20ClN3O. The fourth-order valence-corrected chi connectivity index (χ4v) is 3.29. The Balaban J connectivity index is 1.83. The second-order valence-corrected chi connectivity index (χ2v) is 5.86. The number of fused-ring (bicyclic) bond motifs is 1. The molecule has 1 saturated heterocycles. The lowest BCUT2D eigenvalue weighted by Gasteiger charge is -2.16. The molecule has 1 aromatic carbocycles. The van der Waals surface area contributed by atoms with Gasteiger partial charge < -0.3 is 9.47 Å². The van der Waals surface area contributed by atoms with Gasteiger partial charge in [-0.25, -0.2) is 4.98 Å². The van der Waals surface area contributed by atoms with Crippen molar-refractivity contribution in [2.75, 3.05) is 13.1 Å². The second kappa shape index (κ2) is 6.06. The second-order valence-electron chi connectivity index (χ2n) is 5.59. The molecule has 1 amide bonds. The zero-order valence-corrected chi connectivity index (χ0v) is 13.1. The normalized spacial score (nSPS) is 15.0. The molecule has 21 heavy (non-hydrogen) atoms. The standard InChI is InChI=1S/C16H20ClN3O/c1-12-5-4-6-13-16(12)20(14(11-17)18-13)10-7-15(21)19-8-2-3-9-19/h4-6H,2-3,7-11H2,1H3. The molecule has 1 aliphatic rings. The topological polar surface area (TPSA) is 38.1 Å². The number of carbonyl (C=O) groups excluding carboxylic acids is 1. The lowest BCUT2D eigenvalue weighted by Crippen LogP contribution is -2.28. The average molecular weight is 306 g/mol. The number of nitrogens with zero attached hydrogens (tertiary/aromatic N) is 3. The van der Waals surface area contributed by atoms with Gasteiger partial charge in [0.2, 0.25) is 5.91 Å². The predicted octanol–water partition coefficient (Wildman–Crippen LogP) is 3.10. The summed E-state index contributed by atoms with van der Waals surface area (Å²) in [7, 11) is 0. The Labute approximate surface area is 129 Å². The van der Waals surface area contributed by atoms with Crippen LogP contribution in [0.2, 0.25) is 0 Å². The summed E-state index contributed by atoms with van der Waals surface area (Å²) < 4.78 is 2.10. The van der Waals surface area contributed by atoms with E-state index >= 15 is 0 Å². The Hall–Kier alpha value is -1.55. The van der Waals surface area contributed by atoms with Gasteiger partial charge >= 0.3 is 0 Å². The van der Waals surface area contributed by atoms with Gasteiger partial charge in [0.05, 0.1) is 16.9 Å². The Morgan fingerprint density at radius 2 is 2.10 bits per heavy atom. The molecule has 0 saturated carbocycles. The third-order valence-corrected chi connectivity index (χ3v) is 4.41. The van der Waals surface area contributed by atoms with Crippen molar-refractivity contribution in [2.45, 2.75) is 38.6 Å². The van der Waals surface area contributed by atoms with Gasteiger partial charge in [-0.05, 0) is 31.4 Å². The summed E-state index contributed by atoms with van der Waals surface area (Å²) in [6.45, 7) is 4.54. The van der Waals surface area contributed by atoms with Crippen molar-refractivity contribution in [1.29, 1.82) is 0 Å². The molecule has 0 N–H and O–H groups in total. The van der Waals surface area contributed by atoms with Gasteiger partial charge in [-0.1, -0.05) is 12.1 Å². The van der Waals surface area contributed by atoms with Crippen LogP contribution < -0.4 is 0 Å². The van der Waals surface area contributed by atoms with Gasteiger partial charge in [0.1, 0.15) is 5.82 Å². The molecule has 2 aromatic rings. The molecule has 0 radical (unpaired) electrons. The third kappa shape index (κ3) is 2.77. The first-order valence-corrected chi connectivity index (χ1v) is 8.02. The summed E-state index contributed by atoms with van der Waals surface area (Å²) in [6, 6.07) is 6.07. The summed E-state index contributed by atoms with van der Waals surface area (Å²) in [6.07, 6.45) is 2.78. The molecule has 1 aromatic heterocycles. The van der Waals surface area contributed by atoms with Crippen LogP contribution in [0.5, 0.6) is 0 Å². The molecule has 0 atom stereocenters. The minimum Gasteiger partial charge on any atom is -0.343 e.